The number of rotatable bonds is 12. The summed E-state index contributed by atoms with van der Waals surface area (Å²) >= 11 is 0. The molecule has 1 aromatic heterocycles. The van der Waals surface area contributed by atoms with E-state index >= 15 is 0 Å². The quantitative estimate of drug-likeness (QED) is 0.100. The highest BCUT2D eigenvalue weighted by Crippen LogP contribution is 2.40. The number of aliphatic hydroxyl groups is 2. The molecule has 0 spiro atoms. The van der Waals surface area contributed by atoms with E-state index in [0.717, 1.165) is 35.2 Å². The van der Waals surface area contributed by atoms with Gasteiger partial charge < -0.3 is 48.1 Å². The molecule has 3 aromatic rings. The van der Waals surface area contributed by atoms with Gasteiger partial charge in [0, 0.05) is 75.2 Å². The number of allylic oxidation sites excluding steroid dienone is 4. The van der Waals surface area contributed by atoms with Crippen molar-refractivity contribution in [3.05, 3.63) is 102 Å². The van der Waals surface area contributed by atoms with Crippen LogP contribution in [0.3, 0.4) is 0 Å². The molecule has 4 aliphatic rings. The number of piperidine rings is 1. The van der Waals surface area contributed by atoms with Crippen LogP contribution in [0.4, 0.5) is 0 Å². The van der Waals surface area contributed by atoms with Gasteiger partial charge in [0.25, 0.3) is 11.7 Å². The van der Waals surface area contributed by atoms with Crippen molar-refractivity contribution in [1.29, 1.82) is 0 Å². The SMILES string of the molecule is C=CCC1C=C(C)CC(C)CC(OC)C2OC(O)(C(=O)C(=O)N3CCCCC3C(=O)OC(C(C)=CC3CCC(Oc4ccc5c(ccn5Cc5ccccc5)c4)C(OCC)C3)C(C)C(O)CC1=O)C(C)CC2OC. The van der Waals surface area contributed by atoms with E-state index in [2.05, 4.69) is 60.7 Å². The van der Waals surface area contributed by atoms with Crippen molar-refractivity contribution in [2.75, 3.05) is 27.4 Å². The van der Waals surface area contributed by atoms with Crippen molar-refractivity contribution in [3.8, 4) is 5.75 Å². The molecule has 1 amide bonds. The molecule has 14 unspecified atom stereocenters. The number of ether oxygens (including phenoxy) is 6. The molecular formula is C60H82N2O12. The van der Waals surface area contributed by atoms with E-state index < -0.39 is 77.8 Å². The van der Waals surface area contributed by atoms with Crippen molar-refractivity contribution < 1.29 is 57.8 Å². The number of fused-ring (bicyclic) bond motifs is 4. The number of hydrogen-bond donors (Lipinski definition) is 2. The zero-order chi connectivity index (χ0) is 53.3. The second-order valence-corrected chi connectivity index (χ2v) is 21.7. The lowest BCUT2D eigenvalue weighted by Gasteiger charge is -2.47. The normalized spacial score (nSPS) is 33.5. The molecule has 2 N–H and O–H groups in total. The predicted molar refractivity (Wildman–Crippen MR) is 283 cm³/mol. The van der Waals surface area contributed by atoms with Gasteiger partial charge in [-0.05, 0) is 132 Å². The molecule has 2 saturated heterocycles. The highest BCUT2D eigenvalue weighted by atomic mass is 16.7. The maximum Gasteiger partial charge on any atom is 0.329 e. The number of carbonyl (C=O) groups excluding carboxylic acids is 4. The number of cyclic esters (lactones) is 1. The van der Waals surface area contributed by atoms with Crippen LogP contribution in [-0.2, 0) is 49.4 Å². The van der Waals surface area contributed by atoms with Crippen molar-refractivity contribution in [3.63, 3.8) is 0 Å². The summed E-state index contributed by atoms with van der Waals surface area (Å²) in [5, 5.41) is 25.3. The van der Waals surface area contributed by atoms with Crippen LogP contribution in [0.5, 0.6) is 5.75 Å². The number of ketones is 2. The minimum Gasteiger partial charge on any atom is -0.488 e. The Kier molecular flexibility index (Phi) is 19.7. The van der Waals surface area contributed by atoms with Crippen molar-refractivity contribution in [2.45, 2.75) is 173 Å². The molecule has 14 atom stereocenters. The summed E-state index contributed by atoms with van der Waals surface area (Å²) in [5.74, 6) is -7.03. The van der Waals surface area contributed by atoms with Crippen LogP contribution in [0.25, 0.3) is 10.9 Å². The lowest BCUT2D eigenvalue weighted by molar-refractivity contribution is -0.302. The second kappa shape index (κ2) is 25.7. The number of amides is 1. The molecular weight excluding hydrogens is 941 g/mol. The Balaban J connectivity index is 1.16. The van der Waals surface area contributed by atoms with Gasteiger partial charge in [-0.3, -0.25) is 14.4 Å². The molecule has 14 heteroatoms. The summed E-state index contributed by atoms with van der Waals surface area (Å²) in [5.41, 5.74) is 3.99. The average molecular weight is 1020 g/mol. The number of aromatic nitrogens is 1. The first-order chi connectivity index (χ1) is 35.5. The number of carbonyl (C=O) groups is 4. The minimum atomic E-state index is -2.53. The van der Waals surface area contributed by atoms with Crippen molar-refractivity contribution >= 4 is 34.3 Å². The molecule has 7 rings (SSSR count). The van der Waals surface area contributed by atoms with E-state index in [4.69, 9.17) is 28.4 Å². The fraction of sp³-hybridized carbons (Fsp3) is 0.600. The van der Waals surface area contributed by atoms with Crippen LogP contribution in [-0.4, -0.2) is 125 Å². The van der Waals surface area contributed by atoms with E-state index in [9.17, 15) is 29.4 Å². The average Bonchev–Trinajstić information content (AvgIpc) is 3.78. The molecule has 1 aliphatic carbocycles. The van der Waals surface area contributed by atoms with Gasteiger partial charge in [0.15, 0.2) is 0 Å². The fourth-order valence-corrected chi connectivity index (χ4v) is 12.0. The maximum atomic E-state index is 14.7. The first kappa shape index (κ1) is 56.8. The lowest BCUT2D eigenvalue weighted by Crippen LogP contribution is -2.64. The molecule has 0 radical (unpaired) electrons. The van der Waals surface area contributed by atoms with Crippen LogP contribution in [0, 0.1) is 29.6 Å². The van der Waals surface area contributed by atoms with Gasteiger partial charge in [0.05, 0.1) is 24.4 Å². The van der Waals surface area contributed by atoms with E-state index in [1.807, 2.05) is 51.1 Å². The Bertz CT molecular complexity index is 2470. The van der Waals surface area contributed by atoms with Gasteiger partial charge in [-0.25, -0.2) is 4.79 Å². The zero-order valence-electron chi connectivity index (χ0n) is 45.0. The number of esters is 1. The second-order valence-electron chi connectivity index (χ2n) is 21.7. The number of methoxy groups -OCH3 is 2. The van der Waals surface area contributed by atoms with Gasteiger partial charge in [0.2, 0.25) is 5.79 Å². The molecule has 404 valence electrons. The first-order valence-corrected chi connectivity index (χ1v) is 27.1. The van der Waals surface area contributed by atoms with Gasteiger partial charge in [-0.2, -0.15) is 0 Å². The lowest BCUT2D eigenvalue weighted by atomic mass is 9.81. The topological polar surface area (TPSA) is 172 Å². The highest BCUT2D eigenvalue weighted by Gasteiger charge is 2.56. The van der Waals surface area contributed by atoms with Gasteiger partial charge in [0.1, 0.15) is 35.9 Å². The van der Waals surface area contributed by atoms with Gasteiger partial charge in [-0.15, -0.1) is 6.58 Å². The van der Waals surface area contributed by atoms with E-state index in [1.165, 1.54) is 24.7 Å². The summed E-state index contributed by atoms with van der Waals surface area (Å²) in [7, 11) is 3.07. The zero-order valence-corrected chi connectivity index (χ0v) is 45.0. The van der Waals surface area contributed by atoms with Crippen LogP contribution in [0.15, 0.2) is 96.7 Å². The number of hydrogen-bond acceptors (Lipinski definition) is 12. The number of Topliss-reactive ketones (excluding diaryl/α,β-unsaturated/α-hetero) is 2. The Morgan fingerprint density at radius 3 is 2.36 bits per heavy atom. The molecule has 3 aliphatic heterocycles. The Morgan fingerprint density at radius 1 is 0.905 bits per heavy atom. The Morgan fingerprint density at radius 2 is 1.65 bits per heavy atom. The number of benzene rings is 2. The van der Waals surface area contributed by atoms with Crippen molar-refractivity contribution in [1.82, 2.24) is 9.47 Å². The third-order valence-corrected chi connectivity index (χ3v) is 16.2. The molecule has 2 aromatic carbocycles. The third-order valence-electron chi connectivity index (χ3n) is 16.2. The van der Waals surface area contributed by atoms with Crippen LogP contribution in [0.2, 0.25) is 0 Å². The summed E-state index contributed by atoms with van der Waals surface area (Å²) in [6.07, 6.45) is 7.90. The molecule has 3 fully saturated rings. The summed E-state index contributed by atoms with van der Waals surface area (Å²) < 4.78 is 39.9. The van der Waals surface area contributed by atoms with Crippen LogP contribution < -0.4 is 4.74 Å². The van der Waals surface area contributed by atoms with Gasteiger partial charge in [-0.1, -0.05) is 74.9 Å². The Labute approximate surface area is 438 Å². The first-order valence-electron chi connectivity index (χ1n) is 27.1. The molecule has 74 heavy (non-hydrogen) atoms. The number of aliphatic hydroxyl groups excluding tert-OH is 1. The summed E-state index contributed by atoms with van der Waals surface area (Å²) in [6, 6.07) is 17.5. The summed E-state index contributed by atoms with van der Waals surface area (Å²) in [4.78, 5) is 59.1. The van der Waals surface area contributed by atoms with E-state index in [-0.39, 0.29) is 55.6 Å². The standard InChI is InChI=1S/C60H82N2O12/c1-10-17-45-29-37(3)28-38(4)30-53(69-8)56-54(70-9)32-40(6)60(68,74-56)57(65)58(66)62-26-16-15-20-48(62)59(67)73-55(41(7)49(63)35-50(45)64)39(5)31-43-21-24-51(52(33-43)71-11-2)72-46-22-23-47-44(34-46)25-27-61(47)36-42-18-13-12-14-19-42/h10,12-14,18-19,22-23,25,27,29,31,34,38,40-41,43,45,48-49,51-56,63,68H,1,11,15-17,20-21,24,26,28,30,32-33,35-36H2,2-9H3. The highest BCUT2D eigenvalue weighted by molar-refractivity contribution is 6.39. The van der Waals surface area contributed by atoms with Crippen LogP contribution >= 0.6 is 0 Å². The smallest absolute Gasteiger partial charge is 0.329 e. The monoisotopic (exact) mass is 1020 g/mol. The minimum absolute atomic E-state index is 0.0000463. The third kappa shape index (κ3) is 13.3. The number of nitrogens with zero attached hydrogens (tertiary/aromatic N) is 2. The molecule has 2 bridgehead atoms. The Hall–Kier alpha value is -4.96. The maximum absolute atomic E-state index is 14.7. The summed E-state index contributed by atoms with van der Waals surface area (Å²) in [6.45, 7) is 16.5. The van der Waals surface area contributed by atoms with E-state index in [1.54, 1.807) is 19.9 Å². The molecule has 1 saturated carbocycles. The van der Waals surface area contributed by atoms with Crippen molar-refractivity contribution in [2.24, 2.45) is 29.6 Å². The predicted octanol–water partition coefficient (Wildman–Crippen LogP) is 9.12. The largest absolute Gasteiger partial charge is 0.488 e. The molecule has 14 nitrogen and oxygen atoms in total. The van der Waals surface area contributed by atoms with E-state index in [0.29, 0.717) is 57.1 Å². The fourth-order valence-electron chi connectivity index (χ4n) is 12.0. The molecule has 4 heterocycles. The van der Waals surface area contributed by atoms with Crippen LogP contribution in [0.1, 0.15) is 118 Å². The van der Waals surface area contributed by atoms with Gasteiger partial charge >= 0.3 is 5.97 Å².